The van der Waals surface area contributed by atoms with Gasteiger partial charge in [-0.15, -0.1) is 0 Å². The lowest BCUT2D eigenvalue weighted by atomic mass is 10.2. The fourth-order valence-corrected chi connectivity index (χ4v) is 1.50. The van der Waals surface area contributed by atoms with E-state index in [1.807, 2.05) is 19.9 Å². The van der Waals surface area contributed by atoms with Gasteiger partial charge in [0.15, 0.2) is 0 Å². The van der Waals surface area contributed by atoms with E-state index in [1.165, 1.54) is 5.56 Å². The number of nitrogens with zero attached hydrogens (tertiary/aromatic N) is 3. The second-order valence-corrected chi connectivity index (χ2v) is 4.05. The molecule has 0 amide bonds. The Bertz CT molecular complexity index is 523. The van der Waals surface area contributed by atoms with Crippen LogP contribution in [0.2, 0.25) is 0 Å². The second-order valence-electron chi connectivity index (χ2n) is 4.05. The zero-order chi connectivity index (χ0) is 12.3. The van der Waals surface area contributed by atoms with Crippen LogP contribution in [0.5, 0.6) is 0 Å². The van der Waals surface area contributed by atoms with Crippen LogP contribution in [0, 0.1) is 20.8 Å². The quantitative estimate of drug-likeness (QED) is 0.876. The first kappa shape index (κ1) is 11.5. The topological polar surface area (TPSA) is 50.7 Å². The Morgan fingerprint density at radius 2 is 1.94 bits per heavy atom. The van der Waals surface area contributed by atoms with Crippen LogP contribution >= 0.6 is 0 Å². The summed E-state index contributed by atoms with van der Waals surface area (Å²) in [6, 6.07) is 3.99. The summed E-state index contributed by atoms with van der Waals surface area (Å²) >= 11 is 0. The standard InChI is InChI=1S/C13H16N4/c1-9-5-4-6-14-12(9)7-16-13-8-15-10(2)11(3)17-13/h4-6,8H,7H2,1-3H3,(H,16,17). The van der Waals surface area contributed by atoms with Gasteiger partial charge >= 0.3 is 0 Å². The Morgan fingerprint density at radius 3 is 2.65 bits per heavy atom. The van der Waals surface area contributed by atoms with Crippen LogP contribution in [0.1, 0.15) is 22.6 Å². The fraction of sp³-hybridized carbons (Fsp3) is 0.308. The Balaban J connectivity index is 2.08. The lowest BCUT2D eigenvalue weighted by molar-refractivity contribution is 0.977. The first-order valence-corrected chi connectivity index (χ1v) is 5.61. The predicted octanol–water partition coefficient (Wildman–Crippen LogP) is 2.41. The molecular formula is C13H16N4. The van der Waals surface area contributed by atoms with Crippen molar-refractivity contribution in [1.29, 1.82) is 0 Å². The van der Waals surface area contributed by atoms with Crippen LogP contribution in [0.15, 0.2) is 24.5 Å². The maximum atomic E-state index is 4.42. The first-order valence-electron chi connectivity index (χ1n) is 5.61. The smallest absolute Gasteiger partial charge is 0.145 e. The van der Waals surface area contributed by atoms with E-state index in [9.17, 15) is 0 Å². The van der Waals surface area contributed by atoms with Crippen molar-refractivity contribution in [2.24, 2.45) is 0 Å². The Morgan fingerprint density at radius 1 is 1.12 bits per heavy atom. The van der Waals surface area contributed by atoms with Crippen LogP contribution in [0.25, 0.3) is 0 Å². The number of aryl methyl sites for hydroxylation is 3. The van der Waals surface area contributed by atoms with E-state index < -0.39 is 0 Å². The van der Waals surface area contributed by atoms with E-state index in [-0.39, 0.29) is 0 Å². The highest BCUT2D eigenvalue weighted by molar-refractivity contribution is 5.34. The third-order valence-corrected chi connectivity index (χ3v) is 2.75. The number of anilines is 1. The largest absolute Gasteiger partial charge is 0.363 e. The van der Waals surface area contributed by atoms with E-state index in [2.05, 4.69) is 33.3 Å². The molecule has 0 unspecified atom stereocenters. The molecule has 0 saturated carbocycles. The van der Waals surface area contributed by atoms with Gasteiger partial charge in [0, 0.05) is 6.20 Å². The molecule has 0 saturated heterocycles. The van der Waals surface area contributed by atoms with Gasteiger partial charge < -0.3 is 5.32 Å². The van der Waals surface area contributed by atoms with E-state index in [1.54, 1.807) is 12.4 Å². The molecule has 0 aliphatic heterocycles. The van der Waals surface area contributed by atoms with Crippen LogP contribution in [0.3, 0.4) is 0 Å². The van der Waals surface area contributed by atoms with Crippen molar-refractivity contribution >= 4 is 5.82 Å². The number of aromatic nitrogens is 3. The zero-order valence-electron chi connectivity index (χ0n) is 10.4. The molecule has 4 heteroatoms. The van der Waals surface area contributed by atoms with Gasteiger partial charge in [0.1, 0.15) is 5.82 Å². The van der Waals surface area contributed by atoms with Gasteiger partial charge in [-0.25, -0.2) is 4.98 Å². The zero-order valence-corrected chi connectivity index (χ0v) is 10.4. The maximum Gasteiger partial charge on any atom is 0.145 e. The molecule has 2 rings (SSSR count). The molecule has 4 nitrogen and oxygen atoms in total. The third-order valence-electron chi connectivity index (χ3n) is 2.75. The minimum Gasteiger partial charge on any atom is -0.363 e. The molecule has 0 radical (unpaired) electrons. The molecule has 0 aliphatic carbocycles. The van der Waals surface area contributed by atoms with Crippen molar-refractivity contribution in [1.82, 2.24) is 15.0 Å². The highest BCUT2D eigenvalue weighted by Crippen LogP contribution is 2.09. The maximum absolute atomic E-state index is 4.42. The van der Waals surface area contributed by atoms with Gasteiger partial charge in [-0.3, -0.25) is 9.97 Å². The highest BCUT2D eigenvalue weighted by atomic mass is 15.0. The van der Waals surface area contributed by atoms with Gasteiger partial charge in [0.25, 0.3) is 0 Å². The van der Waals surface area contributed by atoms with Crippen molar-refractivity contribution in [3.63, 3.8) is 0 Å². The van der Waals surface area contributed by atoms with Gasteiger partial charge in [-0.05, 0) is 32.4 Å². The van der Waals surface area contributed by atoms with Gasteiger partial charge in [0.2, 0.25) is 0 Å². The SMILES string of the molecule is Cc1cccnc1CNc1cnc(C)c(C)n1. The van der Waals surface area contributed by atoms with Crippen LogP contribution in [-0.2, 0) is 6.54 Å². The average Bonchev–Trinajstić information content (AvgIpc) is 2.32. The third kappa shape index (κ3) is 2.78. The van der Waals surface area contributed by atoms with Crippen molar-refractivity contribution in [2.75, 3.05) is 5.32 Å². The molecule has 0 bridgehead atoms. The van der Waals surface area contributed by atoms with E-state index in [0.29, 0.717) is 6.54 Å². The van der Waals surface area contributed by atoms with E-state index in [0.717, 1.165) is 22.9 Å². The fourth-order valence-electron chi connectivity index (χ4n) is 1.50. The van der Waals surface area contributed by atoms with Crippen molar-refractivity contribution in [3.05, 3.63) is 47.2 Å². The molecular weight excluding hydrogens is 212 g/mol. The van der Waals surface area contributed by atoms with Gasteiger partial charge in [-0.2, -0.15) is 0 Å². The highest BCUT2D eigenvalue weighted by Gasteiger charge is 2.01. The minimum atomic E-state index is 0.670. The second kappa shape index (κ2) is 4.91. The van der Waals surface area contributed by atoms with Gasteiger partial charge in [-0.1, -0.05) is 6.07 Å². The first-order chi connectivity index (χ1) is 8.16. The monoisotopic (exact) mass is 228 g/mol. The molecule has 2 aromatic heterocycles. The van der Waals surface area contributed by atoms with E-state index in [4.69, 9.17) is 0 Å². The van der Waals surface area contributed by atoms with Crippen molar-refractivity contribution < 1.29 is 0 Å². The molecule has 17 heavy (non-hydrogen) atoms. The number of rotatable bonds is 3. The molecule has 0 aliphatic rings. The number of hydrogen-bond donors (Lipinski definition) is 1. The summed E-state index contributed by atoms with van der Waals surface area (Å²) in [7, 11) is 0. The molecule has 1 N–H and O–H groups in total. The van der Waals surface area contributed by atoms with Crippen molar-refractivity contribution in [3.8, 4) is 0 Å². The number of hydrogen-bond acceptors (Lipinski definition) is 4. The van der Waals surface area contributed by atoms with Gasteiger partial charge in [0.05, 0.1) is 29.8 Å². The molecule has 2 heterocycles. The summed E-state index contributed by atoms with van der Waals surface area (Å²) in [6.07, 6.45) is 3.55. The minimum absolute atomic E-state index is 0.670. The molecule has 88 valence electrons. The normalized spacial score (nSPS) is 10.3. The van der Waals surface area contributed by atoms with Crippen molar-refractivity contribution in [2.45, 2.75) is 27.3 Å². The molecule has 0 atom stereocenters. The summed E-state index contributed by atoms with van der Waals surface area (Å²) in [6.45, 7) is 6.63. The Hall–Kier alpha value is -1.97. The lowest BCUT2D eigenvalue weighted by Gasteiger charge is -2.08. The molecule has 2 aromatic rings. The van der Waals surface area contributed by atoms with Crippen LogP contribution in [-0.4, -0.2) is 15.0 Å². The predicted molar refractivity (Wildman–Crippen MR) is 67.8 cm³/mol. The Kier molecular flexibility index (Phi) is 3.32. The summed E-state index contributed by atoms with van der Waals surface area (Å²) in [4.78, 5) is 13.0. The molecule has 0 fully saturated rings. The van der Waals surface area contributed by atoms with Crippen LogP contribution < -0.4 is 5.32 Å². The summed E-state index contributed by atoms with van der Waals surface area (Å²) in [5.41, 5.74) is 4.13. The Labute approximate surface area is 101 Å². The summed E-state index contributed by atoms with van der Waals surface area (Å²) < 4.78 is 0. The molecule has 0 spiro atoms. The average molecular weight is 228 g/mol. The number of pyridine rings is 1. The summed E-state index contributed by atoms with van der Waals surface area (Å²) in [5, 5.41) is 3.23. The molecule has 0 aromatic carbocycles. The summed E-state index contributed by atoms with van der Waals surface area (Å²) in [5.74, 6) is 0.790. The van der Waals surface area contributed by atoms with Crippen LogP contribution in [0.4, 0.5) is 5.82 Å². The number of nitrogens with one attached hydrogen (secondary N) is 1. The lowest BCUT2D eigenvalue weighted by Crippen LogP contribution is -2.06. The van der Waals surface area contributed by atoms with E-state index >= 15 is 0 Å².